The van der Waals surface area contributed by atoms with Crippen LogP contribution in [-0.4, -0.2) is 38.7 Å². The number of rotatable bonds is 6. The van der Waals surface area contributed by atoms with Gasteiger partial charge in [-0.3, -0.25) is 9.36 Å². The van der Waals surface area contributed by atoms with E-state index in [9.17, 15) is 4.79 Å². The summed E-state index contributed by atoms with van der Waals surface area (Å²) in [5.74, 6) is 1.52. The van der Waals surface area contributed by atoms with Gasteiger partial charge in [0.25, 0.3) is 0 Å². The normalized spacial score (nSPS) is 15.5. The molecule has 0 saturated carbocycles. The number of aromatic nitrogens is 3. The van der Waals surface area contributed by atoms with Gasteiger partial charge in [-0.05, 0) is 43.9 Å². The molecule has 1 atom stereocenters. The van der Waals surface area contributed by atoms with Gasteiger partial charge in [0.15, 0.2) is 16.7 Å². The van der Waals surface area contributed by atoms with E-state index in [-0.39, 0.29) is 11.2 Å². The Labute approximate surface area is 168 Å². The predicted molar refractivity (Wildman–Crippen MR) is 109 cm³/mol. The molecular weight excluding hydrogens is 372 g/mol. The number of nitrogens with zero attached hydrogens (tertiary/aromatic N) is 4. The summed E-state index contributed by atoms with van der Waals surface area (Å²) in [7, 11) is 0. The van der Waals surface area contributed by atoms with Gasteiger partial charge < -0.3 is 9.32 Å². The molecule has 0 bridgehead atoms. The lowest BCUT2D eigenvalue weighted by Crippen LogP contribution is -2.38. The van der Waals surface area contributed by atoms with Gasteiger partial charge in [-0.15, -0.1) is 10.2 Å². The van der Waals surface area contributed by atoms with Crippen LogP contribution in [0.2, 0.25) is 0 Å². The summed E-state index contributed by atoms with van der Waals surface area (Å²) >= 11 is 1.47. The molecule has 28 heavy (non-hydrogen) atoms. The van der Waals surface area contributed by atoms with E-state index in [2.05, 4.69) is 10.2 Å². The van der Waals surface area contributed by atoms with Crippen molar-refractivity contribution in [1.29, 1.82) is 0 Å². The summed E-state index contributed by atoms with van der Waals surface area (Å²) in [5, 5.41) is 9.10. The Bertz CT molecular complexity index is 902. The molecule has 7 heteroatoms. The third-order valence-electron chi connectivity index (χ3n) is 4.99. The van der Waals surface area contributed by atoms with Crippen LogP contribution >= 0.6 is 11.8 Å². The fraction of sp³-hybridized carbons (Fsp3) is 0.381. The van der Waals surface area contributed by atoms with E-state index < -0.39 is 0 Å². The molecule has 0 unspecified atom stereocenters. The lowest BCUT2D eigenvalue weighted by molar-refractivity contribution is -0.131. The number of carbonyl (C=O) groups excluding carboxylic acids is 1. The highest BCUT2D eigenvalue weighted by Gasteiger charge is 2.30. The summed E-state index contributed by atoms with van der Waals surface area (Å²) in [5.41, 5.74) is 0.994. The zero-order valence-corrected chi connectivity index (χ0v) is 16.8. The number of likely N-dealkylation sites (tertiary alicyclic amines) is 1. The monoisotopic (exact) mass is 396 g/mol. The van der Waals surface area contributed by atoms with Gasteiger partial charge in [-0.2, -0.15) is 0 Å². The highest BCUT2D eigenvalue weighted by atomic mass is 32.2. The molecule has 6 nitrogen and oxygen atoms in total. The first-order valence-electron chi connectivity index (χ1n) is 9.75. The van der Waals surface area contributed by atoms with Crippen molar-refractivity contribution in [3.05, 3.63) is 54.3 Å². The first kappa shape index (κ1) is 18.8. The lowest BCUT2D eigenvalue weighted by Gasteiger charge is -2.30. The Morgan fingerprint density at radius 2 is 1.89 bits per heavy atom. The Morgan fingerprint density at radius 3 is 2.57 bits per heavy atom. The van der Waals surface area contributed by atoms with Crippen molar-refractivity contribution in [1.82, 2.24) is 19.7 Å². The molecule has 1 aliphatic heterocycles. The number of furan rings is 1. The van der Waals surface area contributed by atoms with Crippen LogP contribution in [0, 0.1) is 0 Å². The Hall–Kier alpha value is -2.54. The van der Waals surface area contributed by atoms with E-state index in [1.807, 2.05) is 58.9 Å². The zero-order chi connectivity index (χ0) is 19.3. The maximum absolute atomic E-state index is 13.4. The molecule has 0 spiro atoms. The van der Waals surface area contributed by atoms with Crippen LogP contribution in [0.1, 0.15) is 37.0 Å². The molecule has 0 N–H and O–H groups in total. The molecular formula is C21H24N4O2S. The highest BCUT2D eigenvalue weighted by molar-refractivity contribution is 8.00. The van der Waals surface area contributed by atoms with Gasteiger partial charge in [-0.1, -0.05) is 42.1 Å². The third kappa shape index (κ3) is 3.85. The second-order valence-corrected chi connectivity index (χ2v) is 7.89. The number of thioether (sulfide) groups is 1. The topological polar surface area (TPSA) is 64.2 Å². The van der Waals surface area contributed by atoms with E-state index in [1.54, 1.807) is 6.26 Å². The van der Waals surface area contributed by atoms with Crippen molar-refractivity contribution < 1.29 is 9.21 Å². The summed E-state index contributed by atoms with van der Waals surface area (Å²) in [6, 6.07) is 13.7. The fourth-order valence-electron chi connectivity index (χ4n) is 3.52. The van der Waals surface area contributed by atoms with Crippen molar-refractivity contribution in [2.24, 2.45) is 0 Å². The van der Waals surface area contributed by atoms with Crippen LogP contribution < -0.4 is 0 Å². The van der Waals surface area contributed by atoms with Crippen LogP contribution in [0.3, 0.4) is 0 Å². The summed E-state index contributed by atoms with van der Waals surface area (Å²) in [6.45, 7) is 4.41. The first-order valence-corrected chi connectivity index (χ1v) is 10.6. The molecule has 1 fully saturated rings. The average molecular weight is 397 g/mol. The van der Waals surface area contributed by atoms with Crippen LogP contribution in [-0.2, 0) is 11.3 Å². The second kappa shape index (κ2) is 8.65. The molecule has 1 aliphatic rings. The van der Waals surface area contributed by atoms with Crippen molar-refractivity contribution in [2.75, 3.05) is 13.1 Å². The molecule has 2 aromatic heterocycles. The third-order valence-corrected chi connectivity index (χ3v) is 6.21. The summed E-state index contributed by atoms with van der Waals surface area (Å²) in [4.78, 5) is 15.4. The maximum atomic E-state index is 13.4. The SMILES string of the molecule is CCn1c(S[C@@H](C(=O)N2CCCCC2)c2ccccc2)nnc1-c1ccco1. The number of benzene rings is 1. The molecule has 3 aromatic rings. The molecule has 1 aromatic carbocycles. The predicted octanol–water partition coefficient (Wildman–Crippen LogP) is 4.40. The van der Waals surface area contributed by atoms with Gasteiger partial charge >= 0.3 is 0 Å². The highest BCUT2D eigenvalue weighted by Crippen LogP contribution is 2.37. The van der Waals surface area contributed by atoms with Crippen molar-refractivity contribution in [3.63, 3.8) is 0 Å². The fourth-order valence-corrected chi connectivity index (χ4v) is 4.71. The number of piperidine rings is 1. The van der Waals surface area contributed by atoms with Gasteiger partial charge in [0.2, 0.25) is 5.91 Å². The van der Waals surface area contributed by atoms with Crippen LogP contribution in [0.4, 0.5) is 0 Å². The van der Waals surface area contributed by atoms with Crippen molar-refractivity contribution in [3.8, 4) is 11.6 Å². The quantitative estimate of drug-likeness (QED) is 0.578. The number of amides is 1. The first-order chi connectivity index (χ1) is 13.8. The molecule has 0 aliphatic carbocycles. The molecule has 4 rings (SSSR count). The second-order valence-electron chi connectivity index (χ2n) is 6.82. The largest absolute Gasteiger partial charge is 0.461 e. The molecule has 146 valence electrons. The smallest absolute Gasteiger partial charge is 0.240 e. The van der Waals surface area contributed by atoms with Gasteiger partial charge in [-0.25, -0.2) is 0 Å². The average Bonchev–Trinajstić information content (AvgIpc) is 3.42. The van der Waals surface area contributed by atoms with E-state index in [4.69, 9.17) is 4.42 Å². The molecule has 3 heterocycles. The van der Waals surface area contributed by atoms with Crippen LogP contribution in [0.25, 0.3) is 11.6 Å². The van der Waals surface area contributed by atoms with E-state index in [0.29, 0.717) is 18.1 Å². The van der Waals surface area contributed by atoms with Crippen molar-refractivity contribution >= 4 is 17.7 Å². The Kier molecular flexibility index (Phi) is 5.81. The maximum Gasteiger partial charge on any atom is 0.240 e. The number of hydrogen-bond acceptors (Lipinski definition) is 5. The summed E-state index contributed by atoms with van der Waals surface area (Å²) < 4.78 is 7.50. The van der Waals surface area contributed by atoms with Crippen LogP contribution in [0.5, 0.6) is 0 Å². The zero-order valence-electron chi connectivity index (χ0n) is 16.0. The summed E-state index contributed by atoms with van der Waals surface area (Å²) in [6.07, 6.45) is 4.98. The minimum Gasteiger partial charge on any atom is -0.461 e. The molecule has 1 amide bonds. The van der Waals surface area contributed by atoms with Gasteiger partial charge in [0, 0.05) is 19.6 Å². The van der Waals surface area contributed by atoms with E-state index in [0.717, 1.165) is 36.7 Å². The van der Waals surface area contributed by atoms with E-state index in [1.165, 1.54) is 18.2 Å². The van der Waals surface area contributed by atoms with Gasteiger partial charge in [0.1, 0.15) is 5.25 Å². The van der Waals surface area contributed by atoms with Crippen molar-refractivity contribution in [2.45, 2.75) is 43.1 Å². The molecule has 0 radical (unpaired) electrons. The number of hydrogen-bond donors (Lipinski definition) is 0. The standard InChI is InChI=1S/C21H24N4O2S/c1-2-25-19(17-12-9-15-27-17)22-23-21(25)28-18(16-10-5-3-6-11-16)20(26)24-13-7-4-8-14-24/h3,5-6,9-12,15,18H,2,4,7-8,13-14H2,1H3/t18-/m1/s1. The minimum absolute atomic E-state index is 0.154. The lowest BCUT2D eigenvalue weighted by atomic mass is 10.1. The van der Waals surface area contributed by atoms with E-state index >= 15 is 0 Å². The number of carbonyl (C=O) groups is 1. The van der Waals surface area contributed by atoms with Gasteiger partial charge in [0.05, 0.1) is 6.26 Å². The van der Waals surface area contributed by atoms with Crippen LogP contribution in [0.15, 0.2) is 58.3 Å². The minimum atomic E-state index is -0.335. The Morgan fingerprint density at radius 1 is 1.11 bits per heavy atom. The Balaban J connectivity index is 1.65. The molecule has 1 saturated heterocycles.